The predicted octanol–water partition coefficient (Wildman–Crippen LogP) is 2.52. The van der Waals surface area contributed by atoms with E-state index < -0.39 is 23.9 Å². The number of anilines is 1. The molecule has 0 aliphatic carbocycles. The molecule has 26 heavy (non-hydrogen) atoms. The normalized spacial score (nSPS) is 11.5. The van der Waals surface area contributed by atoms with E-state index in [2.05, 4.69) is 5.32 Å². The predicted molar refractivity (Wildman–Crippen MR) is 98.8 cm³/mol. The number of benzene rings is 2. The number of nitrogens with two attached hydrogens (primary N) is 1. The summed E-state index contributed by atoms with van der Waals surface area (Å²) in [5, 5.41) is 2.63. The van der Waals surface area contributed by atoms with E-state index >= 15 is 0 Å². The molecule has 0 aromatic heterocycles. The molecule has 0 bridgehead atoms. The van der Waals surface area contributed by atoms with E-state index in [-0.39, 0.29) is 6.42 Å². The lowest BCUT2D eigenvalue weighted by molar-refractivity contribution is -0.152. The molecule has 2 aromatic carbocycles. The van der Waals surface area contributed by atoms with Crippen molar-refractivity contribution in [2.45, 2.75) is 33.3 Å². The zero-order valence-electron chi connectivity index (χ0n) is 15.0. The fraction of sp³-hybridized carbons (Fsp3) is 0.250. The van der Waals surface area contributed by atoms with Crippen LogP contribution in [0.5, 0.6) is 0 Å². The second-order valence-electron chi connectivity index (χ2n) is 6.16. The van der Waals surface area contributed by atoms with Gasteiger partial charge in [-0.3, -0.25) is 14.4 Å². The maximum absolute atomic E-state index is 12.1. The highest BCUT2D eigenvalue weighted by atomic mass is 16.5. The minimum absolute atomic E-state index is 0.103. The van der Waals surface area contributed by atoms with E-state index in [1.165, 1.54) is 19.1 Å². The van der Waals surface area contributed by atoms with Crippen LogP contribution in [0.4, 0.5) is 5.69 Å². The molecule has 3 N–H and O–H groups in total. The van der Waals surface area contributed by atoms with Gasteiger partial charge in [-0.2, -0.15) is 0 Å². The first-order chi connectivity index (χ1) is 12.3. The summed E-state index contributed by atoms with van der Waals surface area (Å²) in [6.07, 6.45) is -0.837. The number of aryl methyl sites for hydroxylation is 2. The Hall–Kier alpha value is -3.15. The second-order valence-corrected chi connectivity index (χ2v) is 6.16. The molecule has 136 valence electrons. The maximum atomic E-state index is 12.1. The standard InChI is InChI=1S/C20H22N2O4/c1-12-4-5-15(10-13(12)2)11-18(23)26-14(3)20(25)22-17-8-6-16(7-9-17)19(21)24/h4-10,14H,11H2,1-3H3,(H2,21,24)(H,22,25)/t14-/m1/s1. The number of hydrogen-bond acceptors (Lipinski definition) is 4. The number of carbonyl (C=O) groups excluding carboxylic acids is 3. The van der Waals surface area contributed by atoms with Crippen LogP contribution >= 0.6 is 0 Å². The number of ether oxygens (including phenoxy) is 1. The Labute approximate surface area is 152 Å². The summed E-state index contributed by atoms with van der Waals surface area (Å²) >= 11 is 0. The van der Waals surface area contributed by atoms with Gasteiger partial charge in [-0.25, -0.2) is 0 Å². The molecule has 0 saturated carbocycles. The van der Waals surface area contributed by atoms with Crippen molar-refractivity contribution in [1.29, 1.82) is 0 Å². The van der Waals surface area contributed by atoms with Crippen LogP contribution < -0.4 is 11.1 Å². The molecule has 1 atom stereocenters. The minimum atomic E-state index is -0.940. The van der Waals surface area contributed by atoms with Gasteiger partial charge < -0.3 is 15.8 Å². The van der Waals surface area contributed by atoms with Crippen LogP contribution in [0.2, 0.25) is 0 Å². The monoisotopic (exact) mass is 354 g/mol. The molecule has 2 aromatic rings. The third-order valence-electron chi connectivity index (χ3n) is 4.03. The highest BCUT2D eigenvalue weighted by molar-refractivity contribution is 5.96. The molecule has 0 heterocycles. The molecule has 0 unspecified atom stereocenters. The van der Waals surface area contributed by atoms with Crippen molar-refractivity contribution in [3.05, 3.63) is 64.7 Å². The smallest absolute Gasteiger partial charge is 0.311 e. The molecular formula is C20H22N2O4. The lowest BCUT2D eigenvalue weighted by Gasteiger charge is -2.14. The van der Waals surface area contributed by atoms with Gasteiger partial charge >= 0.3 is 5.97 Å². The Bertz CT molecular complexity index is 828. The van der Waals surface area contributed by atoms with E-state index in [0.29, 0.717) is 11.3 Å². The summed E-state index contributed by atoms with van der Waals surface area (Å²) in [5.41, 5.74) is 9.08. The van der Waals surface area contributed by atoms with Gasteiger partial charge in [0.05, 0.1) is 6.42 Å². The fourth-order valence-corrected chi connectivity index (χ4v) is 2.33. The van der Waals surface area contributed by atoms with E-state index in [9.17, 15) is 14.4 Å². The van der Waals surface area contributed by atoms with E-state index in [0.717, 1.165) is 16.7 Å². The number of primary amides is 1. The van der Waals surface area contributed by atoms with Crippen LogP contribution in [0.3, 0.4) is 0 Å². The molecule has 0 radical (unpaired) electrons. The quantitative estimate of drug-likeness (QED) is 0.779. The first kappa shape index (κ1) is 19.2. The lowest BCUT2D eigenvalue weighted by Crippen LogP contribution is -2.30. The fourth-order valence-electron chi connectivity index (χ4n) is 2.33. The zero-order chi connectivity index (χ0) is 19.3. The topological polar surface area (TPSA) is 98.5 Å². The van der Waals surface area contributed by atoms with Crippen molar-refractivity contribution >= 4 is 23.5 Å². The van der Waals surface area contributed by atoms with Crippen molar-refractivity contribution in [2.24, 2.45) is 5.73 Å². The molecule has 0 aliphatic rings. The molecule has 6 nitrogen and oxygen atoms in total. The van der Waals surface area contributed by atoms with Crippen LogP contribution in [-0.4, -0.2) is 23.9 Å². The average molecular weight is 354 g/mol. The van der Waals surface area contributed by atoms with E-state index in [1.807, 2.05) is 32.0 Å². The largest absolute Gasteiger partial charge is 0.452 e. The summed E-state index contributed by atoms with van der Waals surface area (Å²) in [5.74, 6) is -1.47. The number of amides is 2. The zero-order valence-corrected chi connectivity index (χ0v) is 15.0. The van der Waals surface area contributed by atoms with Crippen molar-refractivity contribution in [2.75, 3.05) is 5.32 Å². The third-order valence-corrected chi connectivity index (χ3v) is 4.03. The van der Waals surface area contributed by atoms with Gasteiger partial charge in [0, 0.05) is 11.3 Å². The number of esters is 1. The average Bonchev–Trinajstić information content (AvgIpc) is 2.58. The summed E-state index contributed by atoms with van der Waals surface area (Å²) in [6.45, 7) is 5.48. The second kappa shape index (κ2) is 8.29. The van der Waals surface area contributed by atoms with Gasteiger partial charge in [0.15, 0.2) is 6.10 Å². The number of carbonyl (C=O) groups is 3. The van der Waals surface area contributed by atoms with Crippen LogP contribution in [0, 0.1) is 13.8 Å². The molecule has 0 spiro atoms. The number of rotatable bonds is 6. The van der Waals surface area contributed by atoms with Crippen LogP contribution in [-0.2, 0) is 20.7 Å². The number of hydrogen-bond donors (Lipinski definition) is 2. The summed E-state index contributed by atoms with van der Waals surface area (Å²) in [7, 11) is 0. The highest BCUT2D eigenvalue weighted by Crippen LogP contribution is 2.12. The first-order valence-corrected chi connectivity index (χ1v) is 8.22. The Balaban J connectivity index is 1.90. The minimum Gasteiger partial charge on any atom is -0.452 e. The van der Waals surface area contributed by atoms with Gasteiger partial charge in [0.25, 0.3) is 5.91 Å². The van der Waals surface area contributed by atoms with Gasteiger partial charge in [0.2, 0.25) is 5.91 Å². The van der Waals surface area contributed by atoms with Gasteiger partial charge in [-0.05, 0) is 61.7 Å². The van der Waals surface area contributed by atoms with Gasteiger partial charge in [-0.15, -0.1) is 0 Å². The van der Waals surface area contributed by atoms with Crippen molar-refractivity contribution < 1.29 is 19.1 Å². The molecule has 6 heteroatoms. The molecular weight excluding hydrogens is 332 g/mol. The van der Waals surface area contributed by atoms with Crippen molar-refractivity contribution in [3.63, 3.8) is 0 Å². The lowest BCUT2D eigenvalue weighted by atomic mass is 10.0. The Morgan fingerprint density at radius 2 is 1.69 bits per heavy atom. The van der Waals surface area contributed by atoms with Crippen molar-refractivity contribution in [3.8, 4) is 0 Å². The van der Waals surface area contributed by atoms with Crippen LogP contribution in [0.15, 0.2) is 42.5 Å². The van der Waals surface area contributed by atoms with E-state index in [4.69, 9.17) is 10.5 Å². The molecule has 0 fully saturated rings. The van der Waals surface area contributed by atoms with Gasteiger partial charge in [0.1, 0.15) is 0 Å². The summed E-state index contributed by atoms with van der Waals surface area (Å²) in [6, 6.07) is 11.9. The Morgan fingerprint density at radius 1 is 1.04 bits per heavy atom. The van der Waals surface area contributed by atoms with E-state index in [1.54, 1.807) is 12.1 Å². The van der Waals surface area contributed by atoms with Crippen molar-refractivity contribution in [1.82, 2.24) is 0 Å². The third kappa shape index (κ3) is 5.17. The highest BCUT2D eigenvalue weighted by Gasteiger charge is 2.18. The maximum Gasteiger partial charge on any atom is 0.311 e. The molecule has 0 aliphatic heterocycles. The number of nitrogens with one attached hydrogen (secondary N) is 1. The van der Waals surface area contributed by atoms with Crippen LogP contribution in [0.1, 0.15) is 34.0 Å². The molecule has 0 saturated heterocycles. The summed E-state index contributed by atoms with van der Waals surface area (Å²) < 4.78 is 5.20. The molecule has 2 amide bonds. The molecule has 2 rings (SSSR count). The summed E-state index contributed by atoms with van der Waals surface area (Å²) in [4.78, 5) is 35.2. The van der Waals surface area contributed by atoms with Crippen LogP contribution in [0.25, 0.3) is 0 Å². The Kier molecular flexibility index (Phi) is 6.11. The van der Waals surface area contributed by atoms with Gasteiger partial charge in [-0.1, -0.05) is 18.2 Å². The SMILES string of the molecule is Cc1ccc(CC(=O)O[C@H](C)C(=O)Nc2ccc(C(N)=O)cc2)cc1C. The first-order valence-electron chi connectivity index (χ1n) is 8.22. The Morgan fingerprint density at radius 3 is 2.27 bits per heavy atom.